The van der Waals surface area contributed by atoms with Gasteiger partial charge in [-0.2, -0.15) is 0 Å². The molecule has 132 valence electrons. The molecule has 0 saturated heterocycles. The Balaban J connectivity index is 1.53. The SMILES string of the molecule is O=C(Nc1cccnc1)Nc1cccc(C(=O)c2c[nH]c3ncccc23)c1. The van der Waals surface area contributed by atoms with Crippen molar-refractivity contribution in [1.82, 2.24) is 15.0 Å². The number of hydrogen-bond donors (Lipinski definition) is 3. The summed E-state index contributed by atoms with van der Waals surface area (Å²) in [5.74, 6) is -0.148. The molecule has 0 spiro atoms. The Hall–Kier alpha value is -4.00. The number of amides is 2. The van der Waals surface area contributed by atoms with Gasteiger partial charge in [-0.05, 0) is 36.4 Å². The fourth-order valence-corrected chi connectivity index (χ4v) is 2.77. The fraction of sp³-hybridized carbons (Fsp3) is 0. The Kier molecular flexibility index (Phi) is 4.32. The van der Waals surface area contributed by atoms with Crippen molar-refractivity contribution in [3.8, 4) is 0 Å². The van der Waals surface area contributed by atoms with Gasteiger partial charge in [0, 0.05) is 40.8 Å². The molecule has 0 fully saturated rings. The van der Waals surface area contributed by atoms with Gasteiger partial charge >= 0.3 is 6.03 Å². The van der Waals surface area contributed by atoms with Crippen LogP contribution in [0.15, 0.2) is 73.3 Å². The zero-order valence-corrected chi connectivity index (χ0v) is 14.1. The number of benzene rings is 1. The molecule has 0 saturated carbocycles. The van der Waals surface area contributed by atoms with Crippen LogP contribution in [0.4, 0.5) is 16.2 Å². The summed E-state index contributed by atoms with van der Waals surface area (Å²) in [6.07, 6.45) is 6.48. The first-order valence-corrected chi connectivity index (χ1v) is 8.25. The maximum Gasteiger partial charge on any atom is 0.323 e. The number of aromatic amines is 1. The summed E-state index contributed by atoms with van der Waals surface area (Å²) in [6, 6.07) is 13.5. The van der Waals surface area contributed by atoms with Gasteiger partial charge in [-0.25, -0.2) is 9.78 Å². The molecule has 0 aliphatic heterocycles. The van der Waals surface area contributed by atoms with Crippen molar-refractivity contribution < 1.29 is 9.59 Å². The maximum absolute atomic E-state index is 12.9. The van der Waals surface area contributed by atoms with Gasteiger partial charge in [-0.1, -0.05) is 12.1 Å². The van der Waals surface area contributed by atoms with E-state index in [1.807, 2.05) is 6.07 Å². The van der Waals surface area contributed by atoms with Crippen LogP contribution in [-0.4, -0.2) is 26.8 Å². The highest BCUT2D eigenvalue weighted by atomic mass is 16.2. The van der Waals surface area contributed by atoms with E-state index in [-0.39, 0.29) is 5.78 Å². The maximum atomic E-state index is 12.9. The summed E-state index contributed by atoms with van der Waals surface area (Å²) in [4.78, 5) is 36.1. The van der Waals surface area contributed by atoms with Crippen molar-refractivity contribution in [1.29, 1.82) is 0 Å². The van der Waals surface area contributed by atoms with Gasteiger partial charge in [0.1, 0.15) is 5.65 Å². The van der Waals surface area contributed by atoms with Crippen LogP contribution in [0.25, 0.3) is 11.0 Å². The first-order valence-electron chi connectivity index (χ1n) is 8.25. The molecule has 4 aromatic rings. The third-order valence-corrected chi connectivity index (χ3v) is 4.00. The van der Waals surface area contributed by atoms with Crippen molar-refractivity contribution in [2.75, 3.05) is 10.6 Å². The zero-order chi connectivity index (χ0) is 18.6. The van der Waals surface area contributed by atoms with E-state index in [0.29, 0.717) is 28.1 Å². The highest BCUT2D eigenvalue weighted by Crippen LogP contribution is 2.21. The van der Waals surface area contributed by atoms with E-state index in [1.165, 1.54) is 0 Å². The molecule has 0 bridgehead atoms. The number of nitrogens with zero attached hydrogens (tertiary/aromatic N) is 2. The predicted octanol–water partition coefficient (Wildman–Crippen LogP) is 3.83. The molecule has 0 atom stereocenters. The van der Waals surface area contributed by atoms with Crippen LogP contribution in [0, 0.1) is 0 Å². The molecular formula is C20H15N5O2. The molecule has 3 aromatic heterocycles. The van der Waals surface area contributed by atoms with Crippen molar-refractivity contribution in [3.05, 3.63) is 84.4 Å². The lowest BCUT2D eigenvalue weighted by atomic mass is 10.0. The molecule has 7 heteroatoms. The first-order chi connectivity index (χ1) is 13.2. The minimum absolute atomic E-state index is 0.148. The van der Waals surface area contributed by atoms with E-state index in [4.69, 9.17) is 0 Å². The summed E-state index contributed by atoms with van der Waals surface area (Å²) in [5.41, 5.74) is 2.76. The van der Waals surface area contributed by atoms with Gasteiger partial charge in [-0.15, -0.1) is 0 Å². The number of fused-ring (bicyclic) bond motifs is 1. The molecule has 0 radical (unpaired) electrons. The van der Waals surface area contributed by atoms with Gasteiger partial charge in [0.2, 0.25) is 0 Å². The van der Waals surface area contributed by atoms with E-state index in [1.54, 1.807) is 67.3 Å². The third-order valence-electron chi connectivity index (χ3n) is 4.00. The number of rotatable bonds is 4. The topological polar surface area (TPSA) is 99.8 Å². The van der Waals surface area contributed by atoms with Crippen molar-refractivity contribution >= 4 is 34.2 Å². The number of urea groups is 1. The summed E-state index contributed by atoms with van der Waals surface area (Å²) in [5, 5.41) is 6.16. The Morgan fingerprint density at radius 2 is 1.74 bits per heavy atom. The lowest BCUT2D eigenvalue weighted by molar-refractivity contribution is 0.104. The second-order valence-corrected chi connectivity index (χ2v) is 5.83. The van der Waals surface area contributed by atoms with Gasteiger partial charge in [0.15, 0.2) is 5.78 Å². The Morgan fingerprint density at radius 3 is 2.59 bits per heavy atom. The molecular weight excluding hydrogens is 342 g/mol. The van der Waals surface area contributed by atoms with Crippen LogP contribution in [0.5, 0.6) is 0 Å². The third kappa shape index (κ3) is 3.52. The van der Waals surface area contributed by atoms with E-state index < -0.39 is 6.03 Å². The largest absolute Gasteiger partial charge is 0.345 e. The van der Waals surface area contributed by atoms with Crippen molar-refractivity contribution in [2.45, 2.75) is 0 Å². The predicted molar refractivity (Wildman–Crippen MR) is 103 cm³/mol. The highest BCUT2D eigenvalue weighted by Gasteiger charge is 2.15. The van der Waals surface area contributed by atoms with E-state index in [2.05, 4.69) is 25.6 Å². The molecule has 0 aliphatic rings. The summed E-state index contributed by atoms with van der Waals surface area (Å²) < 4.78 is 0. The van der Waals surface area contributed by atoms with E-state index in [0.717, 1.165) is 5.39 Å². The van der Waals surface area contributed by atoms with Crippen LogP contribution >= 0.6 is 0 Å². The molecule has 7 nitrogen and oxygen atoms in total. The van der Waals surface area contributed by atoms with Gasteiger partial charge in [-0.3, -0.25) is 9.78 Å². The smallest absolute Gasteiger partial charge is 0.323 e. The average Bonchev–Trinajstić information content (AvgIpc) is 3.12. The van der Waals surface area contributed by atoms with Gasteiger partial charge < -0.3 is 15.6 Å². The molecule has 0 aliphatic carbocycles. The summed E-state index contributed by atoms with van der Waals surface area (Å²) >= 11 is 0. The minimum Gasteiger partial charge on any atom is -0.345 e. The van der Waals surface area contributed by atoms with Gasteiger partial charge in [0.05, 0.1) is 11.9 Å². The molecule has 3 heterocycles. The van der Waals surface area contributed by atoms with Crippen LogP contribution in [0.1, 0.15) is 15.9 Å². The summed E-state index contributed by atoms with van der Waals surface area (Å²) in [6.45, 7) is 0. The lowest BCUT2D eigenvalue weighted by Gasteiger charge is -2.08. The standard InChI is InChI=1S/C20H15N5O2/c26-18(17-12-23-19-16(17)7-3-9-22-19)13-4-1-5-14(10-13)24-20(27)25-15-6-2-8-21-11-15/h1-12H,(H,22,23)(H2,24,25,27). The lowest BCUT2D eigenvalue weighted by Crippen LogP contribution is -2.19. The molecule has 4 rings (SSSR count). The number of carbonyl (C=O) groups excluding carboxylic acids is 2. The number of hydrogen-bond acceptors (Lipinski definition) is 4. The Morgan fingerprint density at radius 1 is 0.926 bits per heavy atom. The molecule has 0 unspecified atom stereocenters. The fourth-order valence-electron chi connectivity index (χ4n) is 2.77. The first kappa shape index (κ1) is 16.5. The number of carbonyl (C=O) groups is 2. The second kappa shape index (κ2) is 7.09. The van der Waals surface area contributed by atoms with E-state index in [9.17, 15) is 9.59 Å². The quantitative estimate of drug-likeness (QED) is 0.483. The molecule has 1 aromatic carbocycles. The van der Waals surface area contributed by atoms with Gasteiger partial charge in [0.25, 0.3) is 0 Å². The Labute approximate surface area is 154 Å². The normalized spacial score (nSPS) is 10.5. The van der Waals surface area contributed by atoms with Crippen LogP contribution < -0.4 is 10.6 Å². The molecule has 27 heavy (non-hydrogen) atoms. The van der Waals surface area contributed by atoms with Crippen LogP contribution in [0.3, 0.4) is 0 Å². The minimum atomic E-state index is -0.413. The van der Waals surface area contributed by atoms with Crippen LogP contribution in [-0.2, 0) is 0 Å². The second-order valence-electron chi connectivity index (χ2n) is 5.83. The summed E-state index contributed by atoms with van der Waals surface area (Å²) in [7, 11) is 0. The number of anilines is 2. The van der Waals surface area contributed by atoms with Crippen LogP contribution in [0.2, 0.25) is 0 Å². The number of nitrogens with one attached hydrogen (secondary N) is 3. The zero-order valence-electron chi connectivity index (χ0n) is 14.1. The van der Waals surface area contributed by atoms with Crippen molar-refractivity contribution in [3.63, 3.8) is 0 Å². The number of pyridine rings is 2. The number of aromatic nitrogens is 3. The Bertz CT molecular complexity index is 1120. The highest BCUT2D eigenvalue weighted by molar-refractivity contribution is 6.16. The van der Waals surface area contributed by atoms with Crippen molar-refractivity contribution in [2.24, 2.45) is 0 Å². The average molecular weight is 357 g/mol. The number of H-pyrrole nitrogens is 1. The number of ketones is 1. The monoisotopic (exact) mass is 357 g/mol. The van der Waals surface area contributed by atoms with E-state index >= 15 is 0 Å². The molecule has 3 N–H and O–H groups in total. The molecule has 2 amide bonds.